The number of carbonyl (C=O) groups is 2. The van der Waals surface area contributed by atoms with Crippen LogP contribution in [0.1, 0.15) is 12.0 Å². The summed E-state index contributed by atoms with van der Waals surface area (Å²) >= 11 is 7.35. The molecule has 0 saturated carbocycles. The van der Waals surface area contributed by atoms with Crippen LogP contribution in [0.4, 0.5) is 5.69 Å². The lowest BCUT2D eigenvalue weighted by Gasteiger charge is -2.23. The molecule has 0 radical (unpaired) electrons. The minimum atomic E-state index is -0.447. The molecule has 1 aliphatic rings. The summed E-state index contributed by atoms with van der Waals surface area (Å²) < 4.78 is 1.80. The summed E-state index contributed by atoms with van der Waals surface area (Å²) in [6.45, 7) is 0.519. The van der Waals surface area contributed by atoms with E-state index in [9.17, 15) is 9.59 Å². The van der Waals surface area contributed by atoms with E-state index in [1.165, 1.54) is 11.8 Å². The molecule has 0 bridgehead atoms. The topological polar surface area (TPSA) is 76.0 Å². The Labute approximate surface area is 177 Å². The van der Waals surface area contributed by atoms with E-state index >= 15 is 0 Å². The van der Waals surface area contributed by atoms with Crippen LogP contribution < -0.4 is 10.6 Å². The minimum absolute atomic E-state index is 0.136. The number of hydrogen-bond acceptors (Lipinski definition) is 4. The molecule has 0 aliphatic carbocycles. The Morgan fingerprint density at radius 2 is 2.07 bits per heavy atom. The van der Waals surface area contributed by atoms with Gasteiger partial charge in [0.05, 0.1) is 16.6 Å². The number of rotatable bonds is 6. The van der Waals surface area contributed by atoms with E-state index in [4.69, 9.17) is 11.6 Å². The van der Waals surface area contributed by atoms with E-state index in [2.05, 4.69) is 15.7 Å². The first kappa shape index (κ1) is 19.5. The second kappa shape index (κ2) is 8.71. The smallest absolute Gasteiger partial charge is 0.238 e. The lowest BCUT2D eigenvalue weighted by Crippen LogP contribution is -2.35. The Kier molecular flexibility index (Phi) is 5.87. The summed E-state index contributed by atoms with van der Waals surface area (Å²) in [5.41, 5.74) is 2.81. The fourth-order valence-electron chi connectivity index (χ4n) is 3.08. The number of benzene rings is 2. The van der Waals surface area contributed by atoms with Crippen LogP contribution >= 0.6 is 23.4 Å². The second-order valence-corrected chi connectivity index (χ2v) is 8.34. The summed E-state index contributed by atoms with van der Waals surface area (Å²) in [6.07, 6.45) is 4.48. The first-order valence-corrected chi connectivity index (χ1v) is 10.5. The van der Waals surface area contributed by atoms with Gasteiger partial charge in [0.25, 0.3) is 0 Å². The molecular weight excluding hydrogens is 408 g/mol. The van der Waals surface area contributed by atoms with Crippen molar-refractivity contribution in [3.63, 3.8) is 0 Å². The van der Waals surface area contributed by atoms with Gasteiger partial charge in [-0.2, -0.15) is 5.10 Å². The highest BCUT2D eigenvalue weighted by Gasteiger charge is 2.29. The predicted octanol–water partition coefficient (Wildman–Crippen LogP) is 3.69. The fourth-order valence-corrected chi connectivity index (χ4v) is 4.34. The van der Waals surface area contributed by atoms with Crippen molar-refractivity contribution in [2.45, 2.75) is 23.0 Å². The maximum atomic E-state index is 12.3. The molecule has 148 valence electrons. The lowest BCUT2D eigenvalue weighted by atomic mass is 10.1. The summed E-state index contributed by atoms with van der Waals surface area (Å²) in [5, 5.41) is 10.0. The molecule has 1 unspecified atom stereocenters. The van der Waals surface area contributed by atoms with Crippen LogP contribution in [0.3, 0.4) is 0 Å². The van der Waals surface area contributed by atoms with Gasteiger partial charge < -0.3 is 10.6 Å². The normalized spacial score (nSPS) is 15.5. The fraction of sp³-hybridized carbons (Fsp3) is 0.190. The molecule has 0 spiro atoms. The van der Waals surface area contributed by atoms with Gasteiger partial charge in [0.1, 0.15) is 0 Å². The zero-order valence-corrected chi connectivity index (χ0v) is 17.0. The van der Waals surface area contributed by atoms with Gasteiger partial charge in [0.2, 0.25) is 11.8 Å². The van der Waals surface area contributed by atoms with Crippen molar-refractivity contribution in [2.75, 3.05) is 11.9 Å². The third-order valence-electron chi connectivity index (χ3n) is 4.57. The highest BCUT2D eigenvalue weighted by molar-refractivity contribution is 8.01. The number of fused-ring (bicyclic) bond motifs is 1. The molecule has 0 saturated heterocycles. The molecule has 2 amide bonds. The van der Waals surface area contributed by atoms with Crippen molar-refractivity contribution >= 4 is 40.9 Å². The van der Waals surface area contributed by atoms with Crippen LogP contribution in [0.15, 0.2) is 65.8 Å². The summed E-state index contributed by atoms with van der Waals surface area (Å²) in [7, 11) is 0. The van der Waals surface area contributed by atoms with Gasteiger partial charge in [-0.3, -0.25) is 9.59 Å². The van der Waals surface area contributed by atoms with Gasteiger partial charge >= 0.3 is 0 Å². The SMILES string of the molecule is O=C(CC1Sc2ccc(Cl)cc2NC1=O)NCCc1ccc(-n2cccn2)cc1. The van der Waals surface area contributed by atoms with Gasteiger partial charge in [-0.05, 0) is 48.4 Å². The van der Waals surface area contributed by atoms with Crippen molar-refractivity contribution in [3.05, 3.63) is 71.5 Å². The monoisotopic (exact) mass is 426 g/mol. The van der Waals surface area contributed by atoms with E-state index < -0.39 is 5.25 Å². The molecule has 8 heteroatoms. The predicted molar refractivity (Wildman–Crippen MR) is 115 cm³/mol. The van der Waals surface area contributed by atoms with Crippen LogP contribution in [-0.2, 0) is 16.0 Å². The van der Waals surface area contributed by atoms with E-state index in [1.807, 2.05) is 42.6 Å². The summed E-state index contributed by atoms with van der Waals surface area (Å²) in [6, 6.07) is 15.3. The van der Waals surface area contributed by atoms with E-state index in [0.717, 1.165) is 22.6 Å². The Morgan fingerprint density at radius 1 is 1.24 bits per heavy atom. The van der Waals surface area contributed by atoms with Gasteiger partial charge in [0, 0.05) is 35.3 Å². The van der Waals surface area contributed by atoms with Gasteiger partial charge in [0.15, 0.2) is 0 Å². The quantitative estimate of drug-likeness (QED) is 0.630. The maximum Gasteiger partial charge on any atom is 0.238 e. The van der Waals surface area contributed by atoms with Crippen molar-refractivity contribution in [1.29, 1.82) is 0 Å². The first-order chi connectivity index (χ1) is 14.1. The number of anilines is 1. The van der Waals surface area contributed by atoms with Crippen molar-refractivity contribution in [3.8, 4) is 5.69 Å². The van der Waals surface area contributed by atoms with Crippen LogP contribution in [0.25, 0.3) is 5.69 Å². The number of carbonyl (C=O) groups excluding carboxylic acids is 2. The van der Waals surface area contributed by atoms with Gasteiger partial charge in [-0.1, -0.05) is 23.7 Å². The van der Waals surface area contributed by atoms with Gasteiger partial charge in [-0.25, -0.2) is 4.68 Å². The average Bonchev–Trinajstić information content (AvgIpc) is 3.24. The number of aromatic nitrogens is 2. The first-order valence-electron chi connectivity index (χ1n) is 9.21. The number of amides is 2. The number of hydrogen-bond donors (Lipinski definition) is 2. The Morgan fingerprint density at radius 3 is 2.83 bits per heavy atom. The molecule has 4 rings (SSSR count). The van der Waals surface area contributed by atoms with Crippen LogP contribution in [-0.4, -0.2) is 33.4 Å². The molecule has 1 atom stereocenters. The molecule has 2 aromatic carbocycles. The molecule has 29 heavy (non-hydrogen) atoms. The molecule has 1 aromatic heterocycles. The molecule has 3 aromatic rings. The Hall–Kier alpha value is -2.77. The van der Waals surface area contributed by atoms with E-state index in [1.54, 1.807) is 23.0 Å². The summed E-state index contributed by atoms with van der Waals surface area (Å²) in [5.74, 6) is -0.308. The largest absolute Gasteiger partial charge is 0.356 e. The Balaban J connectivity index is 1.26. The summed E-state index contributed by atoms with van der Waals surface area (Å²) in [4.78, 5) is 25.5. The zero-order chi connectivity index (χ0) is 20.2. The highest BCUT2D eigenvalue weighted by Crippen LogP contribution is 2.38. The van der Waals surface area contributed by atoms with Crippen molar-refractivity contribution in [2.24, 2.45) is 0 Å². The maximum absolute atomic E-state index is 12.3. The highest BCUT2D eigenvalue weighted by atomic mass is 35.5. The molecule has 0 fully saturated rings. The van der Waals surface area contributed by atoms with E-state index in [0.29, 0.717) is 17.3 Å². The zero-order valence-electron chi connectivity index (χ0n) is 15.5. The average molecular weight is 427 g/mol. The van der Waals surface area contributed by atoms with Gasteiger partial charge in [-0.15, -0.1) is 11.8 Å². The van der Waals surface area contributed by atoms with Crippen molar-refractivity contribution < 1.29 is 9.59 Å². The van der Waals surface area contributed by atoms with E-state index in [-0.39, 0.29) is 18.2 Å². The molecule has 1 aliphatic heterocycles. The molecule has 2 heterocycles. The number of nitrogens with zero attached hydrogens (tertiary/aromatic N) is 2. The third kappa shape index (κ3) is 4.81. The van der Waals surface area contributed by atoms with Crippen LogP contribution in [0.5, 0.6) is 0 Å². The van der Waals surface area contributed by atoms with Crippen LogP contribution in [0, 0.1) is 0 Å². The lowest BCUT2D eigenvalue weighted by molar-refractivity contribution is -0.124. The minimum Gasteiger partial charge on any atom is -0.356 e. The standard InChI is InChI=1S/C21H19ClN4O2S/c22-15-4-7-18-17(12-15)25-21(28)19(29-18)13-20(27)23-10-8-14-2-5-16(6-3-14)26-11-1-9-24-26/h1-7,9,11-12,19H,8,10,13H2,(H,23,27)(H,25,28). The number of thioether (sulfide) groups is 1. The number of halogens is 1. The number of nitrogens with one attached hydrogen (secondary N) is 2. The third-order valence-corrected chi connectivity index (χ3v) is 6.08. The Bertz CT molecular complexity index is 1020. The second-order valence-electron chi connectivity index (χ2n) is 6.66. The molecule has 2 N–H and O–H groups in total. The van der Waals surface area contributed by atoms with Crippen molar-refractivity contribution in [1.82, 2.24) is 15.1 Å². The van der Waals surface area contributed by atoms with Crippen LogP contribution in [0.2, 0.25) is 5.02 Å². The molecule has 6 nitrogen and oxygen atoms in total. The molecular formula is C21H19ClN4O2S.